The van der Waals surface area contributed by atoms with Crippen molar-refractivity contribution in [3.8, 4) is 5.75 Å². The fourth-order valence-electron chi connectivity index (χ4n) is 7.07. The number of nitrogens with one attached hydrogen (secondary N) is 1. The molecule has 2 fully saturated rings. The van der Waals surface area contributed by atoms with Crippen LogP contribution in [0.5, 0.6) is 5.75 Å². The Labute approximate surface area is 337 Å². The number of hydrogen-bond donors (Lipinski definition) is 2. The van der Waals surface area contributed by atoms with Crippen molar-refractivity contribution in [1.29, 1.82) is 0 Å². The van der Waals surface area contributed by atoms with Crippen molar-refractivity contribution in [3.05, 3.63) is 46.5 Å². The van der Waals surface area contributed by atoms with Gasteiger partial charge in [-0.3, -0.25) is 14.9 Å². The number of epoxide rings is 1. The molecule has 3 aliphatic heterocycles. The molecule has 1 unspecified atom stereocenters. The van der Waals surface area contributed by atoms with Crippen LogP contribution in [-0.2, 0) is 39.8 Å². The zero-order valence-electron chi connectivity index (χ0n) is 33.6. The van der Waals surface area contributed by atoms with Crippen LogP contribution in [-0.4, -0.2) is 115 Å². The summed E-state index contributed by atoms with van der Waals surface area (Å²) in [5.41, 5.74) is -0.900. The fraction of sp³-hybridized carbons (Fsp3) is 0.641. The molecule has 1 aromatic carbocycles. The van der Waals surface area contributed by atoms with Crippen LogP contribution in [0, 0.1) is 5.92 Å². The molecule has 2 N–H and O–H groups in total. The molecule has 16 heteroatoms. The number of nitrogens with zero attached hydrogens (tertiary/aromatic N) is 2. The average Bonchev–Trinajstić information content (AvgIpc) is 3.82. The summed E-state index contributed by atoms with van der Waals surface area (Å²) in [5, 5.41) is 14.5. The fourth-order valence-corrected chi connectivity index (χ4v) is 9.62. The molecule has 0 radical (unpaired) electrons. The minimum Gasteiger partial charge on any atom is -0.495 e. The van der Waals surface area contributed by atoms with Gasteiger partial charge in [0.1, 0.15) is 40.7 Å². The zero-order valence-corrected chi connectivity index (χ0v) is 36.0. The minimum atomic E-state index is -1.83. The van der Waals surface area contributed by atoms with Gasteiger partial charge in [-0.05, 0) is 71.4 Å². The SMILES string of the molecule is COc1cc2cc(c1Cl)N(C)C(=O)C[C@H](OC(=O)[C@H](C)N(C)C(=O)CCC(C)(C)SSC)[C@]1(C)O[C@H]1C(C)[C@@H]1C[C@@](O)(NC(=O)O1)[C@H](OC)/C=C/C=C(\C)C2. The highest BCUT2D eigenvalue weighted by molar-refractivity contribution is 8.76. The number of fused-ring (bicyclic) bond motifs is 5. The van der Waals surface area contributed by atoms with Crippen LogP contribution >= 0.6 is 33.2 Å². The summed E-state index contributed by atoms with van der Waals surface area (Å²) in [5.74, 6) is -1.50. The first-order valence-corrected chi connectivity index (χ1v) is 21.2. The maximum Gasteiger partial charge on any atom is 0.409 e. The van der Waals surface area contributed by atoms with E-state index in [-0.39, 0.29) is 34.9 Å². The molecule has 3 aliphatic rings. The van der Waals surface area contributed by atoms with Crippen molar-refractivity contribution in [2.45, 2.75) is 120 Å². The molecule has 3 amide bonds. The van der Waals surface area contributed by atoms with E-state index in [0.29, 0.717) is 24.3 Å². The summed E-state index contributed by atoms with van der Waals surface area (Å²) in [6.45, 7) is 11.2. The number of alkyl carbamates (subject to hydrolysis) is 1. The number of benzene rings is 1. The van der Waals surface area contributed by atoms with Crippen molar-refractivity contribution in [2.75, 3.05) is 39.5 Å². The lowest BCUT2D eigenvalue weighted by molar-refractivity contribution is -0.162. The van der Waals surface area contributed by atoms with Crippen molar-refractivity contribution < 1.29 is 48.0 Å². The third-order valence-electron chi connectivity index (χ3n) is 10.8. The number of esters is 1. The second-order valence-electron chi connectivity index (χ2n) is 15.4. The first kappa shape index (κ1) is 44.8. The van der Waals surface area contributed by atoms with E-state index in [0.717, 1.165) is 11.1 Å². The Balaban J connectivity index is 1.71. The molecule has 4 bridgehead atoms. The van der Waals surface area contributed by atoms with Gasteiger partial charge in [-0.15, -0.1) is 0 Å². The number of ether oxygens (including phenoxy) is 5. The van der Waals surface area contributed by atoms with Crippen LogP contribution in [0.2, 0.25) is 5.02 Å². The van der Waals surface area contributed by atoms with Gasteiger partial charge < -0.3 is 38.6 Å². The first-order chi connectivity index (χ1) is 25.7. The predicted octanol–water partition coefficient (Wildman–Crippen LogP) is 6.08. The molecule has 8 atom stereocenters. The number of carbonyl (C=O) groups is 4. The Morgan fingerprint density at radius 2 is 1.95 bits per heavy atom. The molecule has 2 saturated heterocycles. The molecule has 0 spiro atoms. The normalized spacial score (nSPS) is 30.8. The second kappa shape index (κ2) is 18.1. The van der Waals surface area contributed by atoms with Gasteiger partial charge in [0.25, 0.3) is 0 Å². The van der Waals surface area contributed by atoms with E-state index in [1.165, 1.54) is 24.0 Å². The van der Waals surface area contributed by atoms with Gasteiger partial charge in [-0.1, -0.05) is 63.9 Å². The standard InChI is InChI=1S/C39H56ClN3O10S2/c1-22-13-12-14-29(50-10)39(48)21-28(51-36(47)41-39)23(2)34-38(6,53-34)30(20-32(45)43(8)26-18-25(17-22)19-27(49-9)33(26)40)52-35(46)24(3)42(7)31(44)15-16-37(4,5)55-54-11/h12-14,18-19,23-24,28-30,34,48H,15-17,20-21H2,1-11H3,(H,41,47)/b14-12+,22-13+/t23?,24-,28-,29+,30-,34-,38-,39-/m0/s1. The largest absolute Gasteiger partial charge is 0.495 e. The average molecular weight is 826 g/mol. The van der Waals surface area contributed by atoms with E-state index in [1.807, 2.05) is 26.2 Å². The van der Waals surface area contributed by atoms with E-state index >= 15 is 0 Å². The summed E-state index contributed by atoms with van der Waals surface area (Å²) in [7, 11) is 9.39. The van der Waals surface area contributed by atoms with Crippen LogP contribution in [0.1, 0.15) is 72.8 Å². The van der Waals surface area contributed by atoms with Crippen LogP contribution in [0.15, 0.2) is 35.9 Å². The number of allylic oxidation sites excluding steroid dienone is 3. The quantitative estimate of drug-likeness (QED) is 0.160. The van der Waals surface area contributed by atoms with Crippen LogP contribution < -0.4 is 15.0 Å². The van der Waals surface area contributed by atoms with E-state index < -0.39 is 65.7 Å². The summed E-state index contributed by atoms with van der Waals surface area (Å²) in [6.07, 6.45) is 3.81. The van der Waals surface area contributed by atoms with Crippen LogP contribution in [0.4, 0.5) is 10.5 Å². The van der Waals surface area contributed by atoms with Gasteiger partial charge >= 0.3 is 12.1 Å². The molecular weight excluding hydrogens is 770 g/mol. The van der Waals surface area contributed by atoms with Crippen LogP contribution in [0.3, 0.4) is 0 Å². The van der Waals surface area contributed by atoms with Gasteiger partial charge in [0.2, 0.25) is 11.8 Å². The summed E-state index contributed by atoms with van der Waals surface area (Å²) in [6, 6.07) is 2.62. The van der Waals surface area contributed by atoms with Gasteiger partial charge in [0, 0.05) is 44.7 Å². The molecule has 0 saturated carbocycles. The monoisotopic (exact) mass is 825 g/mol. The van der Waals surface area contributed by atoms with Crippen molar-refractivity contribution in [2.24, 2.45) is 5.92 Å². The van der Waals surface area contributed by atoms with Gasteiger partial charge in [0.15, 0.2) is 5.72 Å². The van der Waals surface area contributed by atoms with Gasteiger partial charge in [-0.2, -0.15) is 0 Å². The summed E-state index contributed by atoms with van der Waals surface area (Å²) >= 11 is 6.78. The molecule has 306 valence electrons. The zero-order chi connectivity index (χ0) is 41.0. The Kier molecular flexibility index (Phi) is 14.7. The third-order valence-corrected chi connectivity index (χ3v) is 13.8. The van der Waals surface area contributed by atoms with E-state index in [2.05, 4.69) is 19.2 Å². The summed E-state index contributed by atoms with van der Waals surface area (Å²) in [4.78, 5) is 56.9. The topological polar surface area (TPSA) is 156 Å². The molecule has 3 heterocycles. The number of anilines is 1. The highest BCUT2D eigenvalue weighted by Gasteiger charge is 2.64. The highest BCUT2D eigenvalue weighted by Crippen LogP contribution is 2.49. The second-order valence-corrected chi connectivity index (χ2v) is 18.9. The third kappa shape index (κ3) is 10.5. The smallest absolute Gasteiger partial charge is 0.409 e. The number of aliphatic hydroxyl groups is 1. The predicted molar refractivity (Wildman–Crippen MR) is 215 cm³/mol. The van der Waals surface area contributed by atoms with Gasteiger partial charge in [0.05, 0.1) is 25.3 Å². The number of methoxy groups -OCH3 is 2. The molecular formula is C39H56ClN3O10S2. The molecule has 0 aromatic heterocycles. The molecule has 55 heavy (non-hydrogen) atoms. The number of likely N-dealkylation sites (N-methyl/N-ethyl adjacent to an activating group) is 1. The molecule has 0 aliphatic carbocycles. The highest BCUT2D eigenvalue weighted by atomic mass is 35.5. The maximum atomic E-state index is 14.2. The number of hydrogen-bond acceptors (Lipinski definition) is 12. The lowest BCUT2D eigenvalue weighted by atomic mass is 9.83. The number of amides is 3. The maximum absolute atomic E-state index is 14.2. The molecule has 1 aromatic rings. The summed E-state index contributed by atoms with van der Waals surface area (Å²) < 4.78 is 29.2. The Morgan fingerprint density at radius 1 is 1.25 bits per heavy atom. The van der Waals surface area contributed by atoms with Crippen LogP contribution in [0.25, 0.3) is 0 Å². The van der Waals surface area contributed by atoms with Crippen molar-refractivity contribution in [1.82, 2.24) is 10.2 Å². The number of halogens is 1. The van der Waals surface area contributed by atoms with Crippen molar-refractivity contribution >= 4 is 62.8 Å². The Morgan fingerprint density at radius 3 is 2.58 bits per heavy atom. The lowest BCUT2D eigenvalue weighted by Gasteiger charge is -2.42. The number of rotatable bonds is 10. The Hall–Kier alpha value is -2.95. The van der Waals surface area contributed by atoms with Crippen molar-refractivity contribution in [3.63, 3.8) is 0 Å². The van der Waals surface area contributed by atoms with E-state index in [1.54, 1.807) is 73.8 Å². The van der Waals surface area contributed by atoms with E-state index in [4.69, 9.17) is 35.3 Å². The first-order valence-electron chi connectivity index (χ1n) is 18.3. The Bertz CT molecular complexity index is 1680. The molecule has 4 rings (SSSR count). The molecule has 13 nitrogen and oxygen atoms in total. The number of carbonyl (C=O) groups excluding carboxylic acids is 4. The lowest BCUT2D eigenvalue weighted by Crippen LogP contribution is -2.63. The van der Waals surface area contributed by atoms with Gasteiger partial charge in [-0.25, -0.2) is 9.59 Å². The van der Waals surface area contributed by atoms with E-state index in [9.17, 15) is 24.3 Å². The minimum absolute atomic E-state index is 0.0478.